The molecule has 0 saturated carbocycles. The Hall–Kier alpha value is -0.610. The third-order valence-electron chi connectivity index (χ3n) is 3.53. The summed E-state index contributed by atoms with van der Waals surface area (Å²) in [6.45, 7) is 10.5. The van der Waals surface area contributed by atoms with Crippen LogP contribution in [0.1, 0.15) is 33.6 Å². The number of hydrogen-bond acceptors (Lipinski definition) is 3. The van der Waals surface area contributed by atoms with Crippen LogP contribution in [0.5, 0.6) is 0 Å². The van der Waals surface area contributed by atoms with E-state index in [4.69, 9.17) is 5.73 Å². The van der Waals surface area contributed by atoms with Gasteiger partial charge in [-0.1, -0.05) is 27.2 Å². The first-order valence-corrected chi connectivity index (χ1v) is 6.83. The van der Waals surface area contributed by atoms with Crippen molar-refractivity contribution in [1.29, 1.82) is 0 Å². The van der Waals surface area contributed by atoms with Gasteiger partial charge in [-0.05, 0) is 6.42 Å². The van der Waals surface area contributed by atoms with Crippen molar-refractivity contribution >= 4 is 5.91 Å². The maximum absolute atomic E-state index is 11.9. The van der Waals surface area contributed by atoms with E-state index in [2.05, 4.69) is 11.8 Å². The highest BCUT2D eigenvalue weighted by Gasteiger charge is 2.25. The van der Waals surface area contributed by atoms with Gasteiger partial charge in [-0.15, -0.1) is 0 Å². The molecule has 1 unspecified atom stereocenters. The first-order chi connectivity index (χ1) is 8.10. The Balaban J connectivity index is 2.41. The van der Waals surface area contributed by atoms with E-state index >= 15 is 0 Å². The molecule has 0 radical (unpaired) electrons. The molecule has 1 heterocycles. The van der Waals surface area contributed by atoms with Crippen LogP contribution in [0.15, 0.2) is 0 Å². The Labute approximate surface area is 105 Å². The summed E-state index contributed by atoms with van der Waals surface area (Å²) in [5, 5.41) is 0. The van der Waals surface area contributed by atoms with Gasteiger partial charge in [-0.2, -0.15) is 0 Å². The maximum Gasteiger partial charge on any atom is 0.225 e. The minimum absolute atomic E-state index is 0.113. The first-order valence-electron chi connectivity index (χ1n) is 6.83. The number of amides is 1. The van der Waals surface area contributed by atoms with Gasteiger partial charge in [-0.25, -0.2) is 0 Å². The van der Waals surface area contributed by atoms with Crippen LogP contribution in [0.3, 0.4) is 0 Å². The Morgan fingerprint density at radius 3 is 2.24 bits per heavy atom. The second-order valence-electron chi connectivity index (χ2n) is 5.19. The molecule has 0 aromatic heterocycles. The highest BCUT2D eigenvalue weighted by Crippen LogP contribution is 2.12. The fourth-order valence-corrected chi connectivity index (χ4v) is 2.46. The smallest absolute Gasteiger partial charge is 0.225 e. The molecule has 2 N–H and O–H groups in total. The van der Waals surface area contributed by atoms with E-state index in [-0.39, 0.29) is 11.8 Å². The highest BCUT2D eigenvalue weighted by atomic mass is 16.2. The molecule has 1 aliphatic rings. The van der Waals surface area contributed by atoms with Gasteiger partial charge in [0, 0.05) is 44.7 Å². The first kappa shape index (κ1) is 14.5. The lowest BCUT2D eigenvalue weighted by Gasteiger charge is -2.39. The van der Waals surface area contributed by atoms with Crippen LogP contribution in [0.4, 0.5) is 0 Å². The molecular weight excluding hydrogens is 214 g/mol. The normalized spacial score (nSPS) is 19.7. The van der Waals surface area contributed by atoms with Crippen molar-refractivity contribution in [2.75, 3.05) is 32.7 Å². The zero-order valence-corrected chi connectivity index (χ0v) is 11.5. The number of piperazine rings is 1. The lowest BCUT2D eigenvalue weighted by molar-refractivity contribution is -0.136. The Bertz CT molecular complexity index is 235. The van der Waals surface area contributed by atoms with Crippen molar-refractivity contribution in [3.8, 4) is 0 Å². The summed E-state index contributed by atoms with van der Waals surface area (Å²) in [7, 11) is 0. The van der Waals surface area contributed by atoms with Gasteiger partial charge >= 0.3 is 0 Å². The molecule has 1 atom stereocenters. The van der Waals surface area contributed by atoms with Gasteiger partial charge in [-0.3, -0.25) is 9.69 Å². The van der Waals surface area contributed by atoms with E-state index in [0.717, 1.165) is 39.1 Å². The largest absolute Gasteiger partial charge is 0.340 e. The average Bonchev–Trinajstić information content (AvgIpc) is 2.35. The molecule has 0 aromatic carbocycles. The second-order valence-corrected chi connectivity index (χ2v) is 5.19. The number of carbonyl (C=O) groups is 1. The topological polar surface area (TPSA) is 49.6 Å². The van der Waals surface area contributed by atoms with Crippen molar-refractivity contribution in [3.05, 3.63) is 0 Å². The lowest BCUT2D eigenvalue weighted by Crippen LogP contribution is -2.54. The Morgan fingerprint density at radius 2 is 1.82 bits per heavy atom. The summed E-state index contributed by atoms with van der Waals surface area (Å²) in [4.78, 5) is 16.3. The van der Waals surface area contributed by atoms with Crippen molar-refractivity contribution in [3.63, 3.8) is 0 Å². The zero-order chi connectivity index (χ0) is 12.8. The summed E-state index contributed by atoms with van der Waals surface area (Å²) in [6, 6.07) is 0.497. The van der Waals surface area contributed by atoms with E-state index in [1.54, 1.807) is 0 Å². The molecule has 0 bridgehead atoms. The monoisotopic (exact) mass is 241 g/mol. The fraction of sp³-hybridized carbons (Fsp3) is 0.923. The zero-order valence-electron chi connectivity index (χ0n) is 11.5. The maximum atomic E-state index is 11.9. The number of hydrogen-bond donors (Lipinski definition) is 1. The molecule has 100 valence electrons. The van der Waals surface area contributed by atoms with E-state index in [0.29, 0.717) is 6.04 Å². The number of nitrogens with two attached hydrogens (primary N) is 1. The van der Waals surface area contributed by atoms with E-state index in [9.17, 15) is 4.79 Å². The molecule has 0 aliphatic carbocycles. The van der Waals surface area contributed by atoms with Crippen molar-refractivity contribution in [2.24, 2.45) is 11.7 Å². The standard InChI is InChI=1S/C13H27N3O/c1-4-5-12(10-14)15-6-8-16(9-7-15)13(17)11(2)3/h11-12H,4-10,14H2,1-3H3. The molecular formula is C13H27N3O. The molecule has 0 aromatic rings. The third kappa shape index (κ3) is 3.96. The van der Waals surface area contributed by atoms with Crippen molar-refractivity contribution < 1.29 is 4.79 Å². The summed E-state index contributed by atoms with van der Waals surface area (Å²) in [6.07, 6.45) is 2.33. The van der Waals surface area contributed by atoms with Crippen LogP contribution >= 0.6 is 0 Å². The van der Waals surface area contributed by atoms with Gasteiger partial charge in [0.2, 0.25) is 5.91 Å². The van der Waals surface area contributed by atoms with Gasteiger partial charge in [0.15, 0.2) is 0 Å². The van der Waals surface area contributed by atoms with Crippen LogP contribution in [-0.2, 0) is 4.79 Å². The lowest BCUT2D eigenvalue weighted by atomic mass is 10.1. The molecule has 1 rings (SSSR count). The number of nitrogens with zero attached hydrogens (tertiary/aromatic N) is 2. The fourth-order valence-electron chi connectivity index (χ4n) is 2.46. The summed E-state index contributed by atoms with van der Waals surface area (Å²) >= 11 is 0. The summed E-state index contributed by atoms with van der Waals surface area (Å²) in [5.74, 6) is 0.395. The average molecular weight is 241 g/mol. The van der Waals surface area contributed by atoms with Crippen LogP contribution in [0.25, 0.3) is 0 Å². The molecule has 1 fully saturated rings. The van der Waals surface area contributed by atoms with Crippen LogP contribution in [0.2, 0.25) is 0 Å². The third-order valence-corrected chi connectivity index (χ3v) is 3.53. The van der Waals surface area contributed by atoms with Crippen molar-refractivity contribution in [1.82, 2.24) is 9.80 Å². The summed E-state index contributed by atoms with van der Waals surface area (Å²) < 4.78 is 0. The predicted octanol–water partition coefficient (Wildman–Crippen LogP) is 0.914. The van der Waals surface area contributed by atoms with Crippen LogP contribution in [-0.4, -0.2) is 54.5 Å². The number of rotatable bonds is 5. The molecule has 1 aliphatic heterocycles. The Morgan fingerprint density at radius 1 is 1.24 bits per heavy atom. The van der Waals surface area contributed by atoms with Crippen LogP contribution < -0.4 is 5.73 Å². The van der Waals surface area contributed by atoms with E-state index < -0.39 is 0 Å². The molecule has 1 amide bonds. The Kier molecular flexibility index (Phi) is 5.92. The molecule has 4 nitrogen and oxygen atoms in total. The predicted molar refractivity (Wildman–Crippen MR) is 70.7 cm³/mol. The van der Waals surface area contributed by atoms with Crippen LogP contribution in [0, 0.1) is 5.92 Å². The number of carbonyl (C=O) groups excluding carboxylic acids is 1. The van der Waals surface area contributed by atoms with E-state index in [1.807, 2.05) is 18.7 Å². The van der Waals surface area contributed by atoms with Gasteiger partial charge < -0.3 is 10.6 Å². The second kappa shape index (κ2) is 6.97. The van der Waals surface area contributed by atoms with Gasteiger partial charge in [0.05, 0.1) is 0 Å². The SMILES string of the molecule is CCCC(CN)N1CCN(C(=O)C(C)C)CC1. The quantitative estimate of drug-likeness (QED) is 0.778. The van der Waals surface area contributed by atoms with Crippen molar-refractivity contribution in [2.45, 2.75) is 39.7 Å². The molecule has 4 heteroatoms. The minimum Gasteiger partial charge on any atom is -0.340 e. The highest BCUT2D eigenvalue weighted by molar-refractivity contribution is 5.78. The van der Waals surface area contributed by atoms with Gasteiger partial charge in [0.25, 0.3) is 0 Å². The minimum atomic E-state index is 0.113. The van der Waals surface area contributed by atoms with Gasteiger partial charge in [0.1, 0.15) is 0 Å². The molecule has 17 heavy (non-hydrogen) atoms. The summed E-state index contributed by atoms with van der Waals surface area (Å²) in [5.41, 5.74) is 5.81. The molecule has 1 saturated heterocycles. The van der Waals surface area contributed by atoms with E-state index in [1.165, 1.54) is 6.42 Å². The molecule has 0 spiro atoms.